The van der Waals surface area contributed by atoms with Crippen molar-refractivity contribution in [3.05, 3.63) is 0 Å². The van der Waals surface area contributed by atoms with Gasteiger partial charge in [-0.25, -0.2) is 0 Å². The van der Waals surface area contributed by atoms with Crippen molar-refractivity contribution < 1.29 is 9.47 Å². The van der Waals surface area contributed by atoms with E-state index in [4.69, 9.17) is 9.47 Å². The van der Waals surface area contributed by atoms with Gasteiger partial charge in [0.05, 0.1) is 13.2 Å². The minimum absolute atomic E-state index is 0.286. The Kier molecular flexibility index (Phi) is 21.6. The maximum Gasteiger partial charge on any atom is 0.0593 e. The summed E-state index contributed by atoms with van der Waals surface area (Å²) in [4.78, 5) is 5.16. The Morgan fingerprint density at radius 3 is 1.10 bits per heavy atom. The van der Waals surface area contributed by atoms with Gasteiger partial charge in [0.1, 0.15) is 0 Å². The summed E-state index contributed by atoms with van der Waals surface area (Å²) in [5, 5.41) is 0. The highest BCUT2D eigenvalue weighted by molar-refractivity contribution is 4.68. The maximum absolute atomic E-state index is 6.00. The molecule has 188 valence electrons. The molecule has 0 aromatic heterocycles. The average Bonchev–Trinajstić information content (AvgIpc) is 2.75. The molecular weight excluding hydrogens is 384 g/mol. The zero-order chi connectivity index (χ0) is 23.2. The van der Waals surface area contributed by atoms with Crippen LogP contribution in [0.1, 0.15) is 106 Å². The van der Waals surface area contributed by atoms with E-state index in [1.54, 1.807) is 0 Å². The highest BCUT2D eigenvalue weighted by Crippen LogP contribution is 2.24. The van der Waals surface area contributed by atoms with E-state index in [2.05, 4.69) is 51.3 Å². The van der Waals surface area contributed by atoms with Crippen LogP contribution < -0.4 is 0 Å². The lowest BCUT2D eigenvalue weighted by atomic mass is 9.86. The summed E-state index contributed by atoms with van der Waals surface area (Å²) in [5.41, 5.74) is 0.286. The van der Waals surface area contributed by atoms with Gasteiger partial charge < -0.3 is 19.3 Å². The average molecular weight is 443 g/mol. The van der Waals surface area contributed by atoms with Crippen molar-refractivity contribution in [3.63, 3.8) is 0 Å². The summed E-state index contributed by atoms with van der Waals surface area (Å²) in [5.74, 6) is 0. The number of ether oxygens (including phenoxy) is 2. The molecule has 0 aromatic carbocycles. The fraction of sp³-hybridized carbons (Fsp3) is 1.00. The first-order valence-corrected chi connectivity index (χ1v) is 13.6. The smallest absolute Gasteiger partial charge is 0.0593 e. The third-order valence-corrected chi connectivity index (χ3v) is 6.26. The van der Waals surface area contributed by atoms with Crippen LogP contribution in [-0.2, 0) is 9.47 Å². The molecule has 0 aliphatic rings. The van der Waals surface area contributed by atoms with Gasteiger partial charge in [-0.15, -0.1) is 0 Å². The van der Waals surface area contributed by atoms with Crippen molar-refractivity contribution in [1.29, 1.82) is 0 Å². The quantitative estimate of drug-likeness (QED) is 0.157. The lowest BCUT2D eigenvalue weighted by Crippen LogP contribution is -2.30. The van der Waals surface area contributed by atoms with Crippen molar-refractivity contribution in [1.82, 2.24) is 9.80 Å². The number of unbranched alkanes of at least 4 members (excludes halogenated alkanes) is 4. The summed E-state index contributed by atoms with van der Waals surface area (Å²) >= 11 is 0. The first-order valence-electron chi connectivity index (χ1n) is 13.6. The van der Waals surface area contributed by atoms with E-state index in [-0.39, 0.29) is 5.41 Å². The number of hydrogen-bond donors (Lipinski definition) is 0. The van der Waals surface area contributed by atoms with Gasteiger partial charge in [-0.3, -0.25) is 0 Å². The molecule has 0 heterocycles. The molecule has 0 unspecified atom stereocenters. The van der Waals surface area contributed by atoms with E-state index in [9.17, 15) is 0 Å². The molecule has 0 aliphatic heterocycles. The van der Waals surface area contributed by atoms with E-state index in [0.29, 0.717) is 0 Å². The van der Waals surface area contributed by atoms with Gasteiger partial charge in [-0.2, -0.15) is 0 Å². The third kappa shape index (κ3) is 20.2. The number of hydrogen-bond acceptors (Lipinski definition) is 4. The normalized spacial score (nSPS) is 12.4. The van der Waals surface area contributed by atoms with Crippen molar-refractivity contribution in [2.75, 3.05) is 65.7 Å². The fourth-order valence-electron chi connectivity index (χ4n) is 3.61. The van der Waals surface area contributed by atoms with Crippen LogP contribution in [0.4, 0.5) is 0 Å². The SMILES string of the molecule is CCCCN(CCCC)CCOCCC(C)(C)CCOCCN(CCCC)CCCC. The van der Waals surface area contributed by atoms with E-state index in [1.165, 1.54) is 77.5 Å². The molecule has 0 amide bonds. The van der Waals surface area contributed by atoms with Crippen LogP contribution >= 0.6 is 0 Å². The molecule has 0 saturated carbocycles. The molecule has 4 heteroatoms. The Balaban J connectivity index is 3.89. The molecule has 0 radical (unpaired) electrons. The minimum atomic E-state index is 0.286. The van der Waals surface area contributed by atoms with Crippen LogP contribution in [0.2, 0.25) is 0 Å². The Labute approximate surface area is 196 Å². The number of rotatable bonds is 24. The third-order valence-electron chi connectivity index (χ3n) is 6.26. The van der Waals surface area contributed by atoms with Crippen LogP contribution in [0, 0.1) is 5.41 Å². The number of nitrogens with zero attached hydrogens (tertiary/aromatic N) is 2. The predicted molar refractivity (Wildman–Crippen MR) is 137 cm³/mol. The molecule has 0 N–H and O–H groups in total. The van der Waals surface area contributed by atoms with E-state index in [1.807, 2.05) is 0 Å². The largest absolute Gasteiger partial charge is 0.380 e. The summed E-state index contributed by atoms with van der Waals surface area (Å²) in [6.07, 6.45) is 12.5. The highest BCUT2D eigenvalue weighted by Gasteiger charge is 2.17. The van der Waals surface area contributed by atoms with E-state index in [0.717, 1.165) is 52.4 Å². The molecule has 0 fully saturated rings. The van der Waals surface area contributed by atoms with Gasteiger partial charge in [0, 0.05) is 26.3 Å². The van der Waals surface area contributed by atoms with Gasteiger partial charge in [0.25, 0.3) is 0 Å². The molecule has 4 nitrogen and oxygen atoms in total. The molecular formula is C27H58N2O2. The lowest BCUT2D eigenvalue weighted by molar-refractivity contribution is 0.0559. The fourth-order valence-corrected chi connectivity index (χ4v) is 3.61. The minimum Gasteiger partial charge on any atom is -0.380 e. The molecule has 0 atom stereocenters. The second-order valence-electron chi connectivity index (χ2n) is 9.99. The van der Waals surface area contributed by atoms with Crippen LogP contribution in [0.3, 0.4) is 0 Å². The zero-order valence-electron chi connectivity index (χ0n) is 22.4. The first-order chi connectivity index (χ1) is 15.0. The molecule has 0 bridgehead atoms. The molecule has 31 heavy (non-hydrogen) atoms. The van der Waals surface area contributed by atoms with Crippen molar-refractivity contribution in [3.8, 4) is 0 Å². The Morgan fingerprint density at radius 2 is 0.806 bits per heavy atom. The summed E-state index contributed by atoms with van der Waals surface area (Å²) in [6.45, 7) is 24.3. The van der Waals surface area contributed by atoms with E-state index >= 15 is 0 Å². The van der Waals surface area contributed by atoms with Crippen LogP contribution in [0.25, 0.3) is 0 Å². The van der Waals surface area contributed by atoms with Crippen molar-refractivity contribution >= 4 is 0 Å². The van der Waals surface area contributed by atoms with Gasteiger partial charge in [0.15, 0.2) is 0 Å². The standard InChI is InChI=1S/C27H58N2O2/c1-7-11-17-28(18-12-8-2)21-25-30-23-15-27(5,6)16-24-31-26-22-29(19-13-9-3)20-14-10-4/h7-26H2,1-6H3. The maximum atomic E-state index is 6.00. The van der Waals surface area contributed by atoms with E-state index < -0.39 is 0 Å². The van der Waals surface area contributed by atoms with Gasteiger partial charge >= 0.3 is 0 Å². The van der Waals surface area contributed by atoms with Gasteiger partial charge in [-0.1, -0.05) is 67.2 Å². The topological polar surface area (TPSA) is 24.9 Å². The molecule has 0 aliphatic carbocycles. The van der Waals surface area contributed by atoms with Crippen molar-refractivity contribution in [2.24, 2.45) is 5.41 Å². The second kappa shape index (κ2) is 21.7. The summed E-state index contributed by atoms with van der Waals surface area (Å²) in [7, 11) is 0. The van der Waals surface area contributed by atoms with Gasteiger partial charge in [0.2, 0.25) is 0 Å². The highest BCUT2D eigenvalue weighted by atomic mass is 16.5. The monoisotopic (exact) mass is 442 g/mol. The Morgan fingerprint density at radius 1 is 0.484 bits per heavy atom. The second-order valence-corrected chi connectivity index (χ2v) is 9.99. The molecule has 0 rings (SSSR count). The lowest BCUT2D eigenvalue weighted by Gasteiger charge is -2.26. The van der Waals surface area contributed by atoms with Crippen LogP contribution in [-0.4, -0.2) is 75.5 Å². The predicted octanol–water partition coefficient (Wildman–Crippen LogP) is 6.63. The Hall–Kier alpha value is -0.160. The summed E-state index contributed by atoms with van der Waals surface area (Å²) in [6, 6.07) is 0. The first kappa shape index (κ1) is 30.8. The Bertz CT molecular complexity index is 315. The molecule has 0 saturated heterocycles. The van der Waals surface area contributed by atoms with Crippen LogP contribution in [0.5, 0.6) is 0 Å². The van der Waals surface area contributed by atoms with Crippen LogP contribution in [0.15, 0.2) is 0 Å². The zero-order valence-corrected chi connectivity index (χ0v) is 22.4. The molecule has 0 spiro atoms. The van der Waals surface area contributed by atoms with Crippen molar-refractivity contribution in [2.45, 2.75) is 106 Å². The van der Waals surface area contributed by atoms with Gasteiger partial charge in [-0.05, 0) is 70.1 Å². The summed E-state index contributed by atoms with van der Waals surface area (Å²) < 4.78 is 12.0. The molecule has 0 aromatic rings.